The van der Waals surface area contributed by atoms with Gasteiger partial charge >= 0.3 is 0 Å². The Morgan fingerprint density at radius 1 is 1.06 bits per heavy atom. The largest absolute Gasteiger partial charge is 0.507 e. The van der Waals surface area contributed by atoms with Crippen molar-refractivity contribution in [1.29, 1.82) is 0 Å². The first-order valence-electron chi connectivity index (χ1n) is 9.79. The number of ether oxygens (including phenoxy) is 1. The van der Waals surface area contributed by atoms with Crippen molar-refractivity contribution in [2.45, 2.75) is 13.0 Å². The Morgan fingerprint density at radius 2 is 1.78 bits per heavy atom. The first-order valence-corrected chi connectivity index (χ1v) is 11.0. The second kappa shape index (κ2) is 8.81. The molecule has 32 heavy (non-hydrogen) atoms. The molecule has 5 nitrogen and oxygen atoms in total. The van der Waals surface area contributed by atoms with Crippen molar-refractivity contribution in [3.63, 3.8) is 0 Å². The number of ketones is 1. The number of carbonyl (C=O) groups is 2. The minimum absolute atomic E-state index is 0.00210. The lowest BCUT2D eigenvalue weighted by Gasteiger charge is -2.26. The van der Waals surface area contributed by atoms with Crippen molar-refractivity contribution in [3.05, 3.63) is 98.5 Å². The highest BCUT2D eigenvalue weighted by atomic mass is 79.9. The molecule has 1 atom stereocenters. The van der Waals surface area contributed by atoms with Crippen molar-refractivity contribution < 1.29 is 19.4 Å². The van der Waals surface area contributed by atoms with Gasteiger partial charge in [-0.25, -0.2) is 0 Å². The zero-order valence-electron chi connectivity index (χ0n) is 17.3. The summed E-state index contributed by atoms with van der Waals surface area (Å²) in [6.07, 6.45) is 0. The molecule has 162 valence electrons. The average molecular weight is 513 g/mol. The number of methoxy groups -OCH3 is 1. The summed E-state index contributed by atoms with van der Waals surface area (Å²) in [6, 6.07) is 18.3. The van der Waals surface area contributed by atoms with Crippen molar-refractivity contribution >= 4 is 50.7 Å². The van der Waals surface area contributed by atoms with Crippen molar-refractivity contribution in [1.82, 2.24) is 0 Å². The molecule has 0 radical (unpaired) electrons. The van der Waals surface area contributed by atoms with E-state index in [0.717, 1.165) is 10.0 Å². The molecule has 1 aliphatic heterocycles. The van der Waals surface area contributed by atoms with Gasteiger partial charge in [0.05, 0.1) is 18.7 Å². The fourth-order valence-corrected chi connectivity index (χ4v) is 4.16. The molecule has 4 rings (SSSR count). The number of halogens is 2. The van der Waals surface area contributed by atoms with Crippen LogP contribution in [0.1, 0.15) is 22.7 Å². The summed E-state index contributed by atoms with van der Waals surface area (Å²) in [5.74, 6) is -1.19. The third-order valence-electron chi connectivity index (χ3n) is 5.41. The first-order chi connectivity index (χ1) is 15.3. The molecule has 0 aromatic heterocycles. The van der Waals surface area contributed by atoms with Gasteiger partial charge in [-0.2, -0.15) is 0 Å². The van der Waals surface area contributed by atoms with E-state index < -0.39 is 17.7 Å². The second-order valence-electron chi connectivity index (χ2n) is 7.39. The monoisotopic (exact) mass is 511 g/mol. The Bertz CT molecular complexity index is 1250. The summed E-state index contributed by atoms with van der Waals surface area (Å²) in [4.78, 5) is 27.7. The molecular formula is C25H19BrClNO4. The van der Waals surface area contributed by atoms with Gasteiger partial charge < -0.3 is 9.84 Å². The lowest BCUT2D eigenvalue weighted by molar-refractivity contribution is -0.132. The van der Waals surface area contributed by atoms with Crippen LogP contribution < -0.4 is 9.64 Å². The van der Waals surface area contributed by atoms with Gasteiger partial charge in [-0.1, -0.05) is 57.9 Å². The van der Waals surface area contributed by atoms with Crippen LogP contribution >= 0.6 is 27.5 Å². The van der Waals surface area contributed by atoms with Gasteiger partial charge in [0.15, 0.2) is 0 Å². The zero-order chi connectivity index (χ0) is 23.0. The molecule has 1 fully saturated rings. The molecule has 1 heterocycles. The minimum Gasteiger partial charge on any atom is -0.507 e. The van der Waals surface area contributed by atoms with Crippen LogP contribution in [0.4, 0.5) is 5.69 Å². The molecule has 1 saturated heterocycles. The number of Topliss-reactive ketones (excluding diaryl/α,β-unsaturated/α-hetero) is 1. The molecule has 1 amide bonds. The lowest BCUT2D eigenvalue weighted by Crippen LogP contribution is -2.29. The number of hydrogen-bond acceptors (Lipinski definition) is 4. The molecule has 0 saturated carbocycles. The molecule has 0 aliphatic carbocycles. The molecular weight excluding hydrogens is 494 g/mol. The second-order valence-corrected chi connectivity index (χ2v) is 8.71. The third-order valence-corrected chi connectivity index (χ3v) is 6.34. The summed E-state index contributed by atoms with van der Waals surface area (Å²) in [7, 11) is 1.54. The maximum atomic E-state index is 13.2. The van der Waals surface area contributed by atoms with E-state index in [0.29, 0.717) is 27.6 Å². The number of hydrogen-bond donors (Lipinski definition) is 1. The van der Waals surface area contributed by atoms with Crippen molar-refractivity contribution in [2.75, 3.05) is 12.0 Å². The molecule has 1 N–H and O–H groups in total. The number of rotatable bonds is 4. The third kappa shape index (κ3) is 3.92. The summed E-state index contributed by atoms with van der Waals surface area (Å²) in [5.41, 5.74) is 2.37. The topological polar surface area (TPSA) is 66.8 Å². The summed E-state index contributed by atoms with van der Waals surface area (Å²) in [6.45, 7) is 1.85. The van der Waals surface area contributed by atoms with Crippen molar-refractivity contribution in [2.24, 2.45) is 0 Å². The number of anilines is 1. The van der Waals surface area contributed by atoms with Crippen LogP contribution in [0.5, 0.6) is 5.75 Å². The number of carbonyl (C=O) groups excluding carboxylic acids is 2. The molecule has 3 aromatic rings. The van der Waals surface area contributed by atoms with Crippen molar-refractivity contribution in [3.8, 4) is 5.75 Å². The summed E-state index contributed by atoms with van der Waals surface area (Å²) >= 11 is 9.68. The SMILES string of the molecule is COc1cccc(C2/C(=C(\O)c3ccc(Br)cc3)C(=O)C(=O)N2c2ccc(C)c(Cl)c2)c1. The quantitative estimate of drug-likeness (QED) is 0.263. The van der Waals surface area contributed by atoms with Gasteiger partial charge in [0.25, 0.3) is 11.7 Å². The highest BCUT2D eigenvalue weighted by Gasteiger charge is 2.47. The predicted molar refractivity (Wildman–Crippen MR) is 128 cm³/mol. The molecule has 0 spiro atoms. The maximum absolute atomic E-state index is 13.2. The first kappa shape index (κ1) is 22.1. The highest BCUT2D eigenvalue weighted by molar-refractivity contribution is 9.10. The Hall–Kier alpha value is -3.09. The standard InChI is InChI=1S/C25H19BrClNO4/c1-14-6-11-18(13-20(14)27)28-22(16-4-3-5-19(12-16)32-2)21(24(30)25(28)31)23(29)15-7-9-17(26)10-8-15/h3-13,22,29H,1-2H3/b23-21+. The van der Waals surface area contributed by atoms with Gasteiger partial charge in [-0.15, -0.1) is 0 Å². The summed E-state index contributed by atoms with van der Waals surface area (Å²) < 4.78 is 6.17. The maximum Gasteiger partial charge on any atom is 0.300 e. The fourth-order valence-electron chi connectivity index (χ4n) is 3.72. The van der Waals surface area contributed by atoms with E-state index in [2.05, 4.69) is 15.9 Å². The van der Waals surface area contributed by atoms with E-state index in [9.17, 15) is 14.7 Å². The van der Waals surface area contributed by atoms with Crippen LogP contribution in [0.3, 0.4) is 0 Å². The normalized spacial score (nSPS) is 17.6. The van der Waals surface area contributed by atoms with Crippen LogP contribution in [-0.2, 0) is 9.59 Å². The Kier molecular flexibility index (Phi) is 6.09. The molecule has 3 aromatic carbocycles. The minimum atomic E-state index is -0.854. The molecule has 7 heteroatoms. The van der Waals surface area contributed by atoms with Gasteiger partial charge in [0, 0.05) is 20.7 Å². The fraction of sp³-hybridized carbons (Fsp3) is 0.120. The molecule has 0 bridgehead atoms. The van der Waals surface area contributed by atoms with Gasteiger partial charge in [-0.05, 0) is 54.4 Å². The Balaban J connectivity index is 1.96. The van der Waals surface area contributed by atoms with E-state index in [1.54, 1.807) is 66.7 Å². The molecule has 1 unspecified atom stereocenters. The average Bonchev–Trinajstić information content (AvgIpc) is 3.06. The number of aryl methyl sites for hydroxylation is 1. The van der Waals surface area contributed by atoms with Gasteiger partial charge in [0.1, 0.15) is 11.5 Å². The molecule has 1 aliphatic rings. The zero-order valence-corrected chi connectivity index (χ0v) is 19.6. The van der Waals surface area contributed by atoms with Crippen LogP contribution in [0.15, 0.2) is 76.8 Å². The smallest absolute Gasteiger partial charge is 0.300 e. The lowest BCUT2D eigenvalue weighted by atomic mass is 9.95. The van der Waals surface area contributed by atoms with Gasteiger partial charge in [-0.3, -0.25) is 14.5 Å². The van der Waals surface area contributed by atoms with Crippen LogP contribution in [0, 0.1) is 6.92 Å². The van der Waals surface area contributed by atoms with Crippen LogP contribution in [-0.4, -0.2) is 23.9 Å². The number of amides is 1. The number of aliphatic hydroxyl groups is 1. The van der Waals surface area contributed by atoms with E-state index in [1.165, 1.54) is 12.0 Å². The predicted octanol–water partition coefficient (Wildman–Crippen LogP) is 6.05. The highest BCUT2D eigenvalue weighted by Crippen LogP contribution is 2.43. The summed E-state index contributed by atoms with van der Waals surface area (Å²) in [5, 5.41) is 11.6. The number of aliphatic hydroxyl groups excluding tert-OH is 1. The van der Waals surface area contributed by atoms with Gasteiger partial charge in [0.2, 0.25) is 0 Å². The Morgan fingerprint density at radius 3 is 2.44 bits per heavy atom. The number of nitrogens with zero attached hydrogens (tertiary/aromatic N) is 1. The van der Waals surface area contributed by atoms with Crippen LogP contribution in [0.25, 0.3) is 5.76 Å². The Labute approximate surface area is 199 Å². The van der Waals surface area contributed by atoms with E-state index in [4.69, 9.17) is 16.3 Å². The van der Waals surface area contributed by atoms with Crippen LogP contribution in [0.2, 0.25) is 5.02 Å². The van der Waals surface area contributed by atoms with E-state index in [1.807, 2.05) is 6.92 Å². The van der Waals surface area contributed by atoms with E-state index in [-0.39, 0.29) is 11.3 Å². The number of benzene rings is 3. The van der Waals surface area contributed by atoms with E-state index >= 15 is 0 Å².